The Labute approximate surface area is 157 Å². The highest BCUT2D eigenvalue weighted by Gasteiger charge is 2.28. The van der Waals surface area contributed by atoms with Crippen molar-refractivity contribution >= 4 is 11.6 Å². The van der Waals surface area contributed by atoms with E-state index in [2.05, 4.69) is 10.2 Å². The Morgan fingerprint density at radius 3 is 2.63 bits per heavy atom. The van der Waals surface area contributed by atoms with Gasteiger partial charge in [-0.05, 0) is 37.1 Å². The first kappa shape index (κ1) is 17.3. The van der Waals surface area contributed by atoms with Gasteiger partial charge in [0.25, 0.3) is 5.91 Å². The van der Waals surface area contributed by atoms with Gasteiger partial charge in [0.15, 0.2) is 5.65 Å². The number of likely N-dealkylation sites (tertiary alicyclic amines) is 1. The highest BCUT2D eigenvalue weighted by Crippen LogP contribution is 2.29. The van der Waals surface area contributed by atoms with Crippen LogP contribution < -0.4 is 9.47 Å². The van der Waals surface area contributed by atoms with E-state index < -0.39 is 0 Å². The van der Waals surface area contributed by atoms with Gasteiger partial charge < -0.3 is 14.4 Å². The predicted molar refractivity (Wildman–Crippen MR) is 100 cm³/mol. The molecule has 1 aliphatic heterocycles. The summed E-state index contributed by atoms with van der Waals surface area (Å²) in [6.45, 7) is 1.35. The number of benzene rings is 1. The fourth-order valence-electron chi connectivity index (χ4n) is 3.62. The van der Waals surface area contributed by atoms with Crippen LogP contribution in [0.25, 0.3) is 5.65 Å². The molecule has 3 heterocycles. The molecule has 0 bridgehead atoms. The summed E-state index contributed by atoms with van der Waals surface area (Å²) in [4.78, 5) is 15.0. The van der Waals surface area contributed by atoms with Crippen LogP contribution in [0.5, 0.6) is 11.5 Å². The topological polar surface area (TPSA) is 69.0 Å². The van der Waals surface area contributed by atoms with Crippen molar-refractivity contribution in [2.75, 3.05) is 27.3 Å². The maximum atomic E-state index is 13.1. The lowest BCUT2D eigenvalue weighted by atomic mass is 9.96. The van der Waals surface area contributed by atoms with Crippen LogP contribution >= 0.6 is 0 Å². The van der Waals surface area contributed by atoms with Crippen LogP contribution in [0, 0.1) is 0 Å². The number of aromatic nitrogens is 3. The van der Waals surface area contributed by atoms with Crippen LogP contribution in [0.15, 0.2) is 42.6 Å². The molecule has 0 saturated carbocycles. The lowest BCUT2D eigenvalue weighted by Crippen LogP contribution is -2.39. The molecule has 1 aliphatic rings. The molecule has 0 spiro atoms. The first-order valence-electron chi connectivity index (χ1n) is 9.01. The Balaban J connectivity index is 1.59. The number of hydrogen-bond acceptors (Lipinski definition) is 5. The van der Waals surface area contributed by atoms with E-state index in [0.717, 1.165) is 30.9 Å². The van der Waals surface area contributed by atoms with Crippen LogP contribution in [0.1, 0.15) is 34.9 Å². The number of rotatable bonds is 4. The average Bonchev–Trinajstić information content (AvgIpc) is 3.17. The van der Waals surface area contributed by atoms with Gasteiger partial charge in [-0.2, -0.15) is 0 Å². The zero-order valence-corrected chi connectivity index (χ0v) is 15.5. The first-order valence-corrected chi connectivity index (χ1v) is 9.01. The number of piperidine rings is 1. The molecule has 7 heteroatoms. The standard InChI is InChI=1S/C20H22N4O3/c1-26-16-10-15(11-17(12-16)27-2)20(25)23-8-5-6-14(13-23)19-22-21-18-7-3-4-9-24(18)19/h3-4,7,9-12,14H,5-6,8,13H2,1-2H3/t14-/m1/s1. The fraction of sp³-hybridized carbons (Fsp3) is 0.350. The summed E-state index contributed by atoms with van der Waals surface area (Å²) in [7, 11) is 3.16. The number of hydrogen-bond donors (Lipinski definition) is 0. The van der Waals surface area contributed by atoms with Crippen molar-refractivity contribution in [2.24, 2.45) is 0 Å². The lowest BCUT2D eigenvalue weighted by Gasteiger charge is -2.32. The molecule has 0 radical (unpaired) electrons. The minimum atomic E-state index is -0.0225. The van der Waals surface area contributed by atoms with Gasteiger partial charge in [0.2, 0.25) is 0 Å². The third-order valence-electron chi connectivity index (χ3n) is 5.01. The number of pyridine rings is 1. The van der Waals surface area contributed by atoms with E-state index in [9.17, 15) is 4.79 Å². The highest BCUT2D eigenvalue weighted by atomic mass is 16.5. The molecule has 2 aromatic heterocycles. The molecule has 0 N–H and O–H groups in total. The zero-order chi connectivity index (χ0) is 18.8. The number of carbonyl (C=O) groups is 1. The number of nitrogens with zero attached hydrogens (tertiary/aromatic N) is 4. The smallest absolute Gasteiger partial charge is 0.254 e. The summed E-state index contributed by atoms with van der Waals surface area (Å²) < 4.78 is 12.6. The Morgan fingerprint density at radius 2 is 1.89 bits per heavy atom. The van der Waals surface area contributed by atoms with Gasteiger partial charge >= 0.3 is 0 Å². The van der Waals surface area contributed by atoms with Gasteiger partial charge in [0.1, 0.15) is 17.3 Å². The third-order valence-corrected chi connectivity index (χ3v) is 5.01. The van der Waals surface area contributed by atoms with Crippen molar-refractivity contribution < 1.29 is 14.3 Å². The second-order valence-electron chi connectivity index (χ2n) is 6.68. The minimum absolute atomic E-state index is 0.0225. The van der Waals surface area contributed by atoms with Crippen molar-refractivity contribution in [3.8, 4) is 11.5 Å². The third kappa shape index (κ3) is 3.32. The van der Waals surface area contributed by atoms with Crippen LogP contribution in [-0.4, -0.2) is 52.7 Å². The number of ether oxygens (including phenoxy) is 2. The van der Waals surface area contributed by atoms with E-state index in [1.54, 1.807) is 32.4 Å². The van der Waals surface area contributed by atoms with Gasteiger partial charge in [-0.15, -0.1) is 10.2 Å². The SMILES string of the molecule is COc1cc(OC)cc(C(=O)N2CCC[C@@H](c3nnc4ccccn34)C2)c1. The van der Waals surface area contributed by atoms with E-state index in [1.165, 1.54) is 0 Å². The van der Waals surface area contributed by atoms with Crippen molar-refractivity contribution in [1.29, 1.82) is 0 Å². The summed E-state index contributed by atoms with van der Waals surface area (Å²) >= 11 is 0. The van der Waals surface area contributed by atoms with Crippen molar-refractivity contribution in [1.82, 2.24) is 19.5 Å². The number of amides is 1. The molecule has 7 nitrogen and oxygen atoms in total. The van der Waals surface area contributed by atoms with Gasteiger partial charge in [0.05, 0.1) is 14.2 Å². The molecular weight excluding hydrogens is 344 g/mol. The second-order valence-corrected chi connectivity index (χ2v) is 6.68. The van der Waals surface area contributed by atoms with Gasteiger partial charge in [-0.1, -0.05) is 6.07 Å². The molecule has 27 heavy (non-hydrogen) atoms. The van der Waals surface area contributed by atoms with Crippen LogP contribution in [0.3, 0.4) is 0 Å². The van der Waals surface area contributed by atoms with E-state index >= 15 is 0 Å². The maximum Gasteiger partial charge on any atom is 0.254 e. The molecule has 140 valence electrons. The normalized spacial score (nSPS) is 17.1. The summed E-state index contributed by atoms with van der Waals surface area (Å²) in [5.74, 6) is 2.26. The molecule has 1 fully saturated rings. The Bertz CT molecular complexity index is 947. The van der Waals surface area contributed by atoms with Gasteiger partial charge in [0, 0.05) is 36.8 Å². The van der Waals surface area contributed by atoms with E-state index in [1.807, 2.05) is 33.7 Å². The summed E-state index contributed by atoms with van der Waals surface area (Å²) in [6.07, 6.45) is 3.89. The fourth-order valence-corrected chi connectivity index (χ4v) is 3.62. The Kier molecular flexibility index (Phi) is 4.66. The van der Waals surface area contributed by atoms with Crippen LogP contribution in [0.4, 0.5) is 0 Å². The van der Waals surface area contributed by atoms with Crippen molar-refractivity contribution in [3.63, 3.8) is 0 Å². The summed E-state index contributed by atoms with van der Waals surface area (Å²) in [5, 5.41) is 8.62. The Hall–Kier alpha value is -3.09. The Morgan fingerprint density at radius 1 is 1.11 bits per heavy atom. The van der Waals surface area contributed by atoms with Crippen LogP contribution in [-0.2, 0) is 0 Å². The van der Waals surface area contributed by atoms with Crippen LogP contribution in [0.2, 0.25) is 0 Å². The number of fused-ring (bicyclic) bond motifs is 1. The van der Waals surface area contributed by atoms with E-state index in [0.29, 0.717) is 23.6 Å². The quantitative estimate of drug-likeness (QED) is 0.710. The van der Waals surface area contributed by atoms with E-state index in [-0.39, 0.29) is 11.8 Å². The number of methoxy groups -OCH3 is 2. The molecule has 0 aliphatic carbocycles. The molecule has 1 aromatic carbocycles. The molecule has 0 unspecified atom stereocenters. The molecule has 3 aromatic rings. The average molecular weight is 366 g/mol. The van der Waals surface area contributed by atoms with Crippen molar-refractivity contribution in [3.05, 3.63) is 54.0 Å². The largest absolute Gasteiger partial charge is 0.497 e. The van der Waals surface area contributed by atoms with Gasteiger partial charge in [-0.25, -0.2) is 0 Å². The molecule has 1 atom stereocenters. The zero-order valence-electron chi connectivity index (χ0n) is 15.5. The molecule has 4 rings (SSSR count). The summed E-state index contributed by atoms with van der Waals surface area (Å²) in [6, 6.07) is 11.1. The molecular formula is C20H22N4O3. The van der Waals surface area contributed by atoms with E-state index in [4.69, 9.17) is 9.47 Å². The lowest BCUT2D eigenvalue weighted by molar-refractivity contribution is 0.0703. The highest BCUT2D eigenvalue weighted by molar-refractivity contribution is 5.95. The maximum absolute atomic E-state index is 13.1. The predicted octanol–water partition coefficient (Wildman–Crippen LogP) is 2.77. The van der Waals surface area contributed by atoms with Crippen molar-refractivity contribution in [2.45, 2.75) is 18.8 Å². The second kappa shape index (κ2) is 7.26. The first-order chi connectivity index (χ1) is 13.2. The monoisotopic (exact) mass is 366 g/mol. The molecule has 1 saturated heterocycles. The molecule has 1 amide bonds. The minimum Gasteiger partial charge on any atom is -0.497 e. The summed E-state index contributed by atoms with van der Waals surface area (Å²) in [5.41, 5.74) is 1.39. The number of carbonyl (C=O) groups excluding carboxylic acids is 1. The van der Waals surface area contributed by atoms with Gasteiger partial charge in [-0.3, -0.25) is 9.20 Å².